The van der Waals surface area contributed by atoms with Crippen LogP contribution in [0.2, 0.25) is 0 Å². The molecule has 1 aliphatic rings. The van der Waals surface area contributed by atoms with Crippen molar-refractivity contribution in [3.63, 3.8) is 0 Å². The first-order valence-electron chi connectivity index (χ1n) is 11.1. The normalized spacial score (nSPS) is 17.9. The summed E-state index contributed by atoms with van der Waals surface area (Å²) < 4.78 is 0. The summed E-state index contributed by atoms with van der Waals surface area (Å²) in [5.74, 6) is -5.48. The van der Waals surface area contributed by atoms with Crippen LogP contribution in [0.5, 0.6) is 0 Å². The number of rotatable bonds is 15. The molecule has 4 unspecified atom stereocenters. The fraction of sp³-hybridized carbons (Fsp3) is 0.700. The van der Waals surface area contributed by atoms with Crippen molar-refractivity contribution in [3.05, 3.63) is 0 Å². The standard InChI is InChI=1S/C20H34N6O8/c21-8-2-1-4-12(24-17(30)11(22)10-15(23)27)18(31)25-13(6-7-16(28)29)19(32)26-9-3-5-14(26)20(33)34/h11-14H,1-10,21-22H2,(H2,23,27)(H,24,30)(H,25,31)(H,28,29)(H,33,34). The van der Waals surface area contributed by atoms with Gasteiger partial charge in [0.15, 0.2) is 0 Å². The third kappa shape index (κ3) is 9.31. The van der Waals surface area contributed by atoms with Crippen molar-refractivity contribution in [2.75, 3.05) is 13.1 Å². The maximum atomic E-state index is 13.0. The summed E-state index contributed by atoms with van der Waals surface area (Å²) >= 11 is 0. The van der Waals surface area contributed by atoms with Crippen LogP contribution >= 0.6 is 0 Å². The number of nitrogens with one attached hydrogen (secondary N) is 2. The van der Waals surface area contributed by atoms with Crippen molar-refractivity contribution in [1.82, 2.24) is 15.5 Å². The lowest BCUT2D eigenvalue weighted by atomic mass is 10.0. The number of hydrogen-bond donors (Lipinski definition) is 7. The van der Waals surface area contributed by atoms with Gasteiger partial charge in [0.25, 0.3) is 0 Å². The fourth-order valence-corrected chi connectivity index (χ4v) is 3.63. The SMILES string of the molecule is NCCCCC(NC(=O)C(N)CC(N)=O)C(=O)NC(CCC(=O)O)C(=O)N1CCCC1C(=O)O. The number of nitrogens with two attached hydrogens (primary N) is 3. The molecule has 4 amide bonds. The number of carbonyl (C=O) groups excluding carboxylic acids is 4. The molecule has 0 aromatic rings. The van der Waals surface area contributed by atoms with Crippen LogP contribution in [0.25, 0.3) is 0 Å². The lowest BCUT2D eigenvalue weighted by Gasteiger charge is -2.28. The molecule has 34 heavy (non-hydrogen) atoms. The molecule has 10 N–H and O–H groups in total. The van der Waals surface area contributed by atoms with Gasteiger partial charge in [0.05, 0.1) is 12.5 Å². The molecule has 14 nitrogen and oxygen atoms in total. The van der Waals surface area contributed by atoms with E-state index in [9.17, 15) is 33.9 Å². The number of aliphatic carboxylic acids is 2. The summed E-state index contributed by atoms with van der Waals surface area (Å²) in [5.41, 5.74) is 16.2. The second-order valence-electron chi connectivity index (χ2n) is 8.14. The molecule has 0 aromatic carbocycles. The quantitative estimate of drug-likeness (QED) is 0.117. The lowest BCUT2D eigenvalue weighted by molar-refractivity contribution is -0.150. The van der Waals surface area contributed by atoms with E-state index in [2.05, 4.69) is 10.6 Å². The van der Waals surface area contributed by atoms with Gasteiger partial charge in [-0.05, 0) is 45.1 Å². The Hall–Kier alpha value is -3.26. The summed E-state index contributed by atoms with van der Waals surface area (Å²) in [7, 11) is 0. The molecule has 0 radical (unpaired) electrons. The number of carboxylic acid groups (broad SMARTS) is 2. The number of nitrogens with zero attached hydrogens (tertiary/aromatic N) is 1. The highest BCUT2D eigenvalue weighted by Crippen LogP contribution is 2.20. The third-order valence-electron chi connectivity index (χ3n) is 5.42. The molecular weight excluding hydrogens is 452 g/mol. The van der Waals surface area contributed by atoms with Gasteiger partial charge in [-0.25, -0.2) is 4.79 Å². The van der Waals surface area contributed by atoms with E-state index in [1.165, 1.54) is 0 Å². The van der Waals surface area contributed by atoms with Gasteiger partial charge in [0.1, 0.15) is 18.1 Å². The Morgan fingerprint density at radius 1 is 0.971 bits per heavy atom. The van der Waals surface area contributed by atoms with Gasteiger partial charge in [0.2, 0.25) is 23.6 Å². The number of amides is 4. The van der Waals surface area contributed by atoms with E-state index in [0.717, 1.165) is 4.90 Å². The zero-order valence-corrected chi connectivity index (χ0v) is 18.9. The fourth-order valence-electron chi connectivity index (χ4n) is 3.63. The molecular formula is C20H34N6O8. The van der Waals surface area contributed by atoms with Gasteiger partial charge >= 0.3 is 11.9 Å². The largest absolute Gasteiger partial charge is 0.481 e. The maximum absolute atomic E-state index is 13.0. The van der Waals surface area contributed by atoms with E-state index in [1.807, 2.05) is 0 Å². The van der Waals surface area contributed by atoms with Crippen molar-refractivity contribution in [1.29, 1.82) is 0 Å². The average molecular weight is 487 g/mol. The van der Waals surface area contributed by atoms with E-state index < -0.39 is 72.6 Å². The second kappa shape index (κ2) is 14.1. The highest BCUT2D eigenvalue weighted by Gasteiger charge is 2.38. The molecule has 1 rings (SSSR count). The summed E-state index contributed by atoms with van der Waals surface area (Å²) in [4.78, 5) is 73.0. The van der Waals surface area contributed by atoms with E-state index >= 15 is 0 Å². The molecule has 1 heterocycles. The van der Waals surface area contributed by atoms with Crippen LogP contribution in [0.1, 0.15) is 51.4 Å². The Morgan fingerprint density at radius 3 is 2.18 bits per heavy atom. The van der Waals surface area contributed by atoms with E-state index in [4.69, 9.17) is 22.3 Å². The minimum atomic E-state index is -1.31. The van der Waals surface area contributed by atoms with Crippen LogP contribution in [-0.4, -0.2) is 87.9 Å². The van der Waals surface area contributed by atoms with Crippen LogP contribution in [0.3, 0.4) is 0 Å². The van der Waals surface area contributed by atoms with Crippen molar-refractivity contribution in [2.24, 2.45) is 17.2 Å². The molecule has 14 heteroatoms. The van der Waals surface area contributed by atoms with E-state index in [0.29, 0.717) is 25.8 Å². The van der Waals surface area contributed by atoms with Crippen LogP contribution in [-0.2, 0) is 28.8 Å². The Morgan fingerprint density at radius 2 is 1.62 bits per heavy atom. The lowest BCUT2D eigenvalue weighted by Crippen LogP contribution is -2.57. The molecule has 4 atom stereocenters. The molecule has 192 valence electrons. The molecule has 0 aliphatic carbocycles. The van der Waals surface area contributed by atoms with Gasteiger partial charge in [-0.1, -0.05) is 0 Å². The Kier molecular flexibility index (Phi) is 11.9. The highest BCUT2D eigenvalue weighted by molar-refractivity contribution is 5.95. The summed E-state index contributed by atoms with van der Waals surface area (Å²) in [5, 5.41) is 23.3. The van der Waals surface area contributed by atoms with Gasteiger partial charge in [-0.15, -0.1) is 0 Å². The van der Waals surface area contributed by atoms with Crippen LogP contribution < -0.4 is 27.8 Å². The Balaban J connectivity index is 3.01. The maximum Gasteiger partial charge on any atom is 0.326 e. The minimum absolute atomic E-state index is 0.138. The van der Waals surface area contributed by atoms with Gasteiger partial charge in [-0.3, -0.25) is 24.0 Å². The third-order valence-corrected chi connectivity index (χ3v) is 5.42. The summed E-state index contributed by atoms with van der Waals surface area (Å²) in [6.07, 6.45) is 0.675. The van der Waals surface area contributed by atoms with Crippen molar-refractivity contribution >= 4 is 35.6 Å². The second-order valence-corrected chi connectivity index (χ2v) is 8.14. The molecule has 1 aliphatic heterocycles. The van der Waals surface area contributed by atoms with Crippen molar-refractivity contribution in [2.45, 2.75) is 75.5 Å². The number of carboxylic acids is 2. The molecule has 0 spiro atoms. The number of primary amides is 1. The molecule has 0 bridgehead atoms. The highest BCUT2D eigenvalue weighted by atomic mass is 16.4. The van der Waals surface area contributed by atoms with Gasteiger partial charge in [0, 0.05) is 13.0 Å². The topological polar surface area (TPSA) is 248 Å². The smallest absolute Gasteiger partial charge is 0.326 e. The van der Waals surface area contributed by atoms with Gasteiger partial charge < -0.3 is 42.9 Å². The number of unbranched alkanes of at least 4 members (excludes halogenated alkanes) is 1. The minimum Gasteiger partial charge on any atom is -0.481 e. The first kappa shape index (κ1) is 28.8. The zero-order chi connectivity index (χ0) is 25.8. The summed E-state index contributed by atoms with van der Waals surface area (Å²) in [6.45, 7) is 0.503. The zero-order valence-electron chi connectivity index (χ0n) is 18.9. The number of carbonyl (C=O) groups is 6. The predicted octanol–water partition coefficient (Wildman–Crippen LogP) is -2.77. The number of hydrogen-bond acceptors (Lipinski definition) is 8. The van der Waals surface area contributed by atoms with E-state index in [1.54, 1.807) is 0 Å². The average Bonchev–Trinajstić information content (AvgIpc) is 3.25. The number of likely N-dealkylation sites (tertiary alicyclic amines) is 1. The molecule has 0 aromatic heterocycles. The molecule has 1 saturated heterocycles. The predicted molar refractivity (Wildman–Crippen MR) is 118 cm³/mol. The molecule has 0 saturated carbocycles. The van der Waals surface area contributed by atoms with E-state index in [-0.39, 0.29) is 25.8 Å². The first-order chi connectivity index (χ1) is 16.0. The van der Waals surface area contributed by atoms with Crippen LogP contribution in [0, 0.1) is 0 Å². The molecule has 1 fully saturated rings. The first-order valence-corrected chi connectivity index (χ1v) is 11.1. The van der Waals surface area contributed by atoms with Crippen LogP contribution in [0.4, 0.5) is 0 Å². The Bertz CT molecular complexity index is 776. The monoisotopic (exact) mass is 486 g/mol. The van der Waals surface area contributed by atoms with Gasteiger partial charge in [-0.2, -0.15) is 0 Å². The van der Waals surface area contributed by atoms with Crippen molar-refractivity contribution < 1.29 is 39.0 Å². The van der Waals surface area contributed by atoms with Crippen molar-refractivity contribution in [3.8, 4) is 0 Å². The summed E-state index contributed by atoms with van der Waals surface area (Å²) in [6, 6.07) is -4.81. The van der Waals surface area contributed by atoms with Crippen LogP contribution in [0.15, 0.2) is 0 Å². The Labute approximate surface area is 196 Å².